The van der Waals surface area contributed by atoms with E-state index in [-0.39, 0.29) is 35.8 Å². The van der Waals surface area contributed by atoms with Crippen molar-refractivity contribution in [1.82, 2.24) is 9.80 Å². The van der Waals surface area contributed by atoms with Crippen LogP contribution in [0.1, 0.15) is 46.8 Å². The molecule has 2 heterocycles. The van der Waals surface area contributed by atoms with Gasteiger partial charge in [0, 0.05) is 24.6 Å². The maximum atomic E-state index is 14.4. The van der Waals surface area contributed by atoms with Gasteiger partial charge in [-0.2, -0.15) is 13.2 Å². The highest BCUT2D eigenvalue weighted by molar-refractivity contribution is 6.35. The van der Waals surface area contributed by atoms with E-state index in [9.17, 15) is 27.2 Å². The number of hydrogen-bond donors (Lipinski definition) is 0. The Morgan fingerprint density at radius 1 is 1.16 bits per heavy atom. The van der Waals surface area contributed by atoms with Crippen molar-refractivity contribution in [3.63, 3.8) is 0 Å². The van der Waals surface area contributed by atoms with E-state index in [2.05, 4.69) is 10.3 Å². The van der Waals surface area contributed by atoms with Gasteiger partial charge in [0.25, 0.3) is 11.5 Å². The third-order valence-corrected chi connectivity index (χ3v) is 7.37. The van der Waals surface area contributed by atoms with E-state index in [1.54, 1.807) is 13.8 Å². The summed E-state index contributed by atoms with van der Waals surface area (Å²) in [6.07, 6.45) is -7.25. The fourth-order valence-corrected chi connectivity index (χ4v) is 5.06. The van der Waals surface area contributed by atoms with Gasteiger partial charge >= 0.3 is 12.3 Å². The Hall–Kier alpha value is -3.78. The van der Waals surface area contributed by atoms with Crippen LogP contribution in [0.25, 0.3) is 0 Å². The van der Waals surface area contributed by atoms with Gasteiger partial charge < -0.3 is 19.1 Å². The Labute approximate surface area is 253 Å². The molecule has 0 aromatic heterocycles. The number of carbonyl (C=O) groups excluding carboxylic acids is 2. The maximum absolute atomic E-state index is 14.4. The highest BCUT2D eigenvalue weighted by atomic mass is 35.5. The van der Waals surface area contributed by atoms with E-state index in [1.165, 1.54) is 37.3 Å². The van der Waals surface area contributed by atoms with E-state index in [0.717, 1.165) is 17.0 Å². The molecule has 232 valence electrons. The van der Waals surface area contributed by atoms with Crippen molar-refractivity contribution in [2.75, 3.05) is 27.4 Å². The van der Waals surface area contributed by atoms with E-state index in [1.807, 2.05) is 0 Å². The largest absolute Gasteiger partial charge is 0.479 e. The van der Waals surface area contributed by atoms with Gasteiger partial charge in [-0.1, -0.05) is 34.4 Å². The Balaban J connectivity index is 1.62. The molecule has 2 atom stereocenters. The van der Waals surface area contributed by atoms with Gasteiger partial charge in [0.15, 0.2) is 5.82 Å². The van der Waals surface area contributed by atoms with Crippen LogP contribution in [0.4, 0.5) is 22.4 Å². The number of aryl methyl sites for hydroxylation is 1. The molecule has 2 aliphatic rings. The number of amides is 2. The average molecular weight is 649 g/mol. The molecule has 0 saturated carbocycles. The van der Waals surface area contributed by atoms with Crippen LogP contribution in [0.5, 0.6) is 0 Å². The molecule has 0 spiro atoms. The van der Waals surface area contributed by atoms with Gasteiger partial charge in [-0.05, 0) is 54.4 Å². The number of rotatable bonds is 7. The smallest absolute Gasteiger partial charge is 0.435 e. The van der Waals surface area contributed by atoms with E-state index in [4.69, 9.17) is 42.4 Å². The van der Waals surface area contributed by atoms with Crippen LogP contribution < -0.4 is 0 Å². The van der Waals surface area contributed by atoms with Crippen LogP contribution in [0.2, 0.25) is 10.0 Å². The molecule has 2 amide bonds. The standard InChI is InChI=1S/C27H26Cl2F4N4O6/c1-5-41-21-11-22(42-35-21)37(13-36(3)25(39)40-4)24(38)17-7-6-15(8-14(17)2)20-12-26(43-34-20,27(31,32)33)16-9-18(28)23(30)19(29)10-16/h6-10,22H,5,11-13H2,1-4H3/t22?,26-/m0/s1. The predicted molar refractivity (Wildman–Crippen MR) is 147 cm³/mol. The Kier molecular flexibility index (Phi) is 9.30. The SMILES string of the molecule is CCOC1=NOC(N(CN(C)C(=O)OC)C(=O)c2ccc(C3=NO[C@@](c4cc(Cl)c(F)c(Cl)c4)(C(F)(F)F)C3)cc2C)C1. The van der Waals surface area contributed by atoms with Crippen molar-refractivity contribution in [3.8, 4) is 0 Å². The second-order valence-electron chi connectivity index (χ2n) is 9.68. The number of alkyl halides is 3. The number of oxime groups is 2. The van der Waals surface area contributed by atoms with Crippen LogP contribution in [-0.4, -0.2) is 73.2 Å². The molecule has 2 aromatic carbocycles. The summed E-state index contributed by atoms with van der Waals surface area (Å²) in [7, 11) is 2.62. The number of hydrogen-bond acceptors (Lipinski definition) is 8. The molecule has 0 fully saturated rings. The summed E-state index contributed by atoms with van der Waals surface area (Å²) in [6.45, 7) is 3.44. The van der Waals surface area contributed by atoms with E-state index >= 15 is 0 Å². The number of benzene rings is 2. The van der Waals surface area contributed by atoms with Crippen LogP contribution >= 0.6 is 23.2 Å². The number of halogens is 6. The summed E-state index contributed by atoms with van der Waals surface area (Å²) < 4.78 is 67.3. The summed E-state index contributed by atoms with van der Waals surface area (Å²) in [6, 6.07) is 5.91. The molecular weight excluding hydrogens is 623 g/mol. The molecule has 10 nitrogen and oxygen atoms in total. The molecule has 43 heavy (non-hydrogen) atoms. The lowest BCUT2D eigenvalue weighted by Gasteiger charge is -2.31. The zero-order chi connectivity index (χ0) is 31.7. The van der Waals surface area contributed by atoms with Crippen molar-refractivity contribution in [1.29, 1.82) is 0 Å². The first-order valence-corrected chi connectivity index (χ1v) is 13.5. The molecule has 0 saturated heterocycles. The first-order chi connectivity index (χ1) is 20.2. The molecule has 16 heteroatoms. The number of methoxy groups -OCH3 is 1. The normalized spacial score (nSPS) is 19.6. The highest BCUT2D eigenvalue weighted by Gasteiger charge is 2.62. The second kappa shape index (κ2) is 12.4. The molecule has 0 aliphatic carbocycles. The Morgan fingerprint density at radius 2 is 1.84 bits per heavy atom. The van der Waals surface area contributed by atoms with Crippen molar-refractivity contribution >= 4 is 46.8 Å². The monoisotopic (exact) mass is 648 g/mol. The lowest BCUT2D eigenvalue weighted by Crippen LogP contribution is -2.48. The van der Waals surface area contributed by atoms with Gasteiger partial charge in [-0.3, -0.25) is 14.6 Å². The van der Waals surface area contributed by atoms with Crippen molar-refractivity contribution in [2.24, 2.45) is 10.3 Å². The Morgan fingerprint density at radius 3 is 2.42 bits per heavy atom. The van der Waals surface area contributed by atoms with Gasteiger partial charge in [0.2, 0.25) is 12.1 Å². The highest BCUT2D eigenvalue weighted by Crippen LogP contribution is 2.50. The van der Waals surface area contributed by atoms with Crippen LogP contribution in [0.3, 0.4) is 0 Å². The van der Waals surface area contributed by atoms with E-state index in [0.29, 0.717) is 12.2 Å². The number of carbonyl (C=O) groups is 2. The van der Waals surface area contributed by atoms with Crippen molar-refractivity contribution in [3.05, 3.63) is 68.4 Å². The first-order valence-electron chi connectivity index (χ1n) is 12.8. The summed E-state index contributed by atoms with van der Waals surface area (Å²) >= 11 is 11.6. The first kappa shape index (κ1) is 32.1. The van der Waals surface area contributed by atoms with Crippen LogP contribution in [-0.2, 0) is 24.7 Å². The summed E-state index contributed by atoms with van der Waals surface area (Å²) in [5.74, 6) is -1.34. The molecular formula is C27H26Cl2F4N4O6. The van der Waals surface area contributed by atoms with Crippen LogP contribution in [0, 0.1) is 12.7 Å². The third kappa shape index (κ3) is 6.30. The Bertz CT molecular complexity index is 1460. The minimum atomic E-state index is -4.98. The zero-order valence-corrected chi connectivity index (χ0v) is 24.8. The molecule has 0 bridgehead atoms. The lowest BCUT2D eigenvalue weighted by molar-refractivity contribution is -0.275. The summed E-state index contributed by atoms with van der Waals surface area (Å²) in [5, 5.41) is 6.35. The molecule has 0 radical (unpaired) electrons. The topological polar surface area (TPSA) is 102 Å². The number of nitrogens with zero attached hydrogens (tertiary/aromatic N) is 4. The maximum Gasteiger partial charge on any atom is 0.435 e. The quantitative estimate of drug-likeness (QED) is 0.201. The van der Waals surface area contributed by atoms with Gasteiger partial charge in [-0.25, -0.2) is 9.18 Å². The average Bonchev–Trinajstić information content (AvgIpc) is 3.62. The third-order valence-electron chi connectivity index (χ3n) is 6.82. The van der Waals surface area contributed by atoms with Crippen molar-refractivity contribution in [2.45, 2.75) is 44.7 Å². The summed E-state index contributed by atoms with van der Waals surface area (Å²) in [4.78, 5) is 38.6. The predicted octanol–water partition coefficient (Wildman–Crippen LogP) is 6.22. The minimum absolute atomic E-state index is 0.0767. The fourth-order valence-electron chi connectivity index (χ4n) is 4.58. The number of ether oxygens (including phenoxy) is 2. The minimum Gasteiger partial charge on any atom is -0.479 e. The van der Waals surface area contributed by atoms with Crippen LogP contribution in [0.15, 0.2) is 40.6 Å². The van der Waals surface area contributed by atoms with Gasteiger partial charge in [-0.15, -0.1) is 0 Å². The van der Waals surface area contributed by atoms with E-state index < -0.39 is 57.9 Å². The van der Waals surface area contributed by atoms with Gasteiger partial charge in [0.1, 0.15) is 6.67 Å². The van der Waals surface area contributed by atoms with Crippen molar-refractivity contribution < 1.29 is 46.3 Å². The molecule has 2 aliphatic heterocycles. The zero-order valence-electron chi connectivity index (χ0n) is 23.3. The summed E-state index contributed by atoms with van der Waals surface area (Å²) in [5.41, 5.74) is -2.76. The van der Waals surface area contributed by atoms with Gasteiger partial charge in [0.05, 0.1) is 35.9 Å². The fraction of sp³-hybridized carbons (Fsp3) is 0.407. The second-order valence-corrected chi connectivity index (χ2v) is 10.5. The molecule has 0 N–H and O–H groups in total. The molecule has 4 rings (SSSR count). The molecule has 1 unspecified atom stereocenters. The molecule has 2 aromatic rings. The lowest BCUT2D eigenvalue weighted by atomic mass is 9.86.